The fourth-order valence-electron chi connectivity index (χ4n) is 1.69. The lowest BCUT2D eigenvalue weighted by Crippen LogP contribution is -2.42. The van der Waals surface area contributed by atoms with Crippen LogP contribution in [0, 0.1) is 0 Å². The van der Waals surface area contributed by atoms with E-state index in [1.807, 2.05) is 0 Å². The molecule has 0 saturated heterocycles. The third kappa shape index (κ3) is 5.39. The van der Waals surface area contributed by atoms with E-state index in [0.717, 1.165) is 0 Å². The molecule has 0 bridgehead atoms. The van der Waals surface area contributed by atoms with Gasteiger partial charge in [0, 0.05) is 25.9 Å². The SMILES string of the molecule is CCOC(=O)C[C@@](C)(O)CNC(=O)c1ccc(=O)n(C)c1. The molecule has 0 radical (unpaired) electrons. The Kier molecular flexibility index (Phi) is 5.66. The van der Waals surface area contributed by atoms with Crippen molar-refractivity contribution in [3.63, 3.8) is 0 Å². The molecule has 0 aliphatic heterocycles. The molecule has 1 aromatic heterocycles. The van der Waals surface area contributed by atoms with Gasteiger partial charge in [0.05, 0.1) is 24.2 Å². The lowest BCUT2D eigenvalue weighted by atomic mass is 10.0. The fraction of sp³-hybridized carbons (Fsp3) is 0.500. The number of amides is 1. The number of esters is 1. The molecule has 7 nitrogen and oxygen atoms in total. The van der Waals surface area contributed by atoms with Crippen LogP contribution in [0.5, 0.6) is 0 Å². The standard InChI is InChI=1S/C14H20N2O5/c1-4-21-12(18)7-14(2,20)9-15-13(19)10-5-6-11(17)16(3)8-10/h5-6,8,20H,4,7,9H2,1-3H3,(H,15,19)/t14-/m1/s1. The highest BCUT2D eigenvalue weighted by Crippen LogP contribution is 2.09. The van der Waals surface area contributed by atoms with Crippen LogP contribution in [0.3, 0.4) is 0 Å². The van der Waals surface area contributed by atoms with Gasteiger partial charge >= 0.3 is 5.97 Å². The average Bonchev–Trinajstić information content (AvgIpc) is 2.39. The molecule has 1 amide bonds. The Morgan fingerprint density at radius 1 is 1.43 bits per heavy atom. The molecule has 0 aromatic carbocycles. The summed E-state index contributed by atoms with van der Waals surface area (Å²) in [5, 5.41) is 12.6. The van der Waals surface area contributed by atoms with Gasteiger partial charge in [-0.3, -0.25) is 14.4 Å². The molecule has 1 heterocycles. The topological polar surface area (TPSA) is 97.6 Å². The molecule has 116 valence electrons. The first kappa shape index (κ1) is 16.9. The first-order chi connectivity index (χ1) is 9.75. The second-order valence-corrected chi connectivity index (χ2v) is 5.03. The molecule has 21 heavy (non-hydrogen) atoms. The van der Waals surface area contributed by atoms with Gasteiger partial charge in [-0.2, -0.15) is 0 Å². The Morgan fingerprint density at radius 3 is 2.67 bits per heavy atom. The highest BCUT2D eigenvalue weighted by Gasteiger charge is 2.26. The minimum atomic E-state index is -1.40. The van der Waals surface area contributed by atoms with Crippen molar-refractivity contribution in [3.8, 4) is 0 Å². The van der Waals surface area contributed by atoms with E-state index in [1.165, 1.54) is 36.9 Å². The zero-order valence-electron chi connectivity index (χ0n) is 12.4. The lowest BCUT2D eigenvalue weighted by Gasteiger charge is -2.22. The zero-order valence-corrected chi connectivity index (χ0v) is 12.4. The van der Waals surface area contributed by atoms with Crippen LogP contribution in [0.25, 0.3) is 0 Å². The molecule has 0 aliphatic rings. The molecule has 1 rings (SSSR count). The molecule has 0 aliphatic carbocycles. The number of nitrogens with one attached hydrogen (secondary N) is 1. The quantitative estimate of drug-likeness (QED) is 0.710. The molecule has 1 aromatic rings. The predicted octanol–water partition coefficient (Wildman–Crippen LogP) is -0.181. The molecule has 0 unspecified atom stereocenters. The third-order valence-electron chi connectivity index (χ3n) is 2.81. The summed E-state index contributed by atoms with van der Waals surface area (Å²) >= 11 is 0. The minimum absolute atomic E-state index is 0.104. The number of nitrogens with zero attached hydrogens (tertiary/aromatic N) is 1. The third-order valence-corrected chi connectivity index (χ3v) is 2.81. The Bertz CT molecular complexity index is 577. The number of hydrogen-bond acceptors (Lipinski definition) is 5. The molecular formula is C14H20N2O5. The number of aryl methyl sites for hydroxylation is 1. The summed E-state index contributed by atoms with van der Waals surface area (Å²) in [7, 11) is 1.54. The highest BCUT2D eigenvalue weighted by molar-refractivity contribution is 5.93. The van der Waals surface area contributed by atoms with E-state index in [9.17, 15) is 19.5 Å². The van der Waals surface area contributed by atoms with Gasteiger partial charge in [-0.1, -0.05) is 0 Å². The van der Waals surface area contributed by atoms with E-state index in [0.29, 0.717) is 5.56 Å². The minimum Gasteiger partial charge on any atom is -0.466 e. The van der Waals surface area contributed by atoms with Gasteiger partial charge < -0.3 is 19.7 Å². The summed E-state index contributed by atoms with van der Waals surface area (Å²) < 4.78 is 6.03. The van der Waals surface area contributed by atoms with E-state index in [1.54, 1.807) is 6.92 Å². The molecule has 2 N–H and O–H groups in total. The number of hydrogen-bond donors (Lipinski definition) is 2. The molecule has 7 heteroatoms. The number of rotatable bonds is 6. The van der Waals surface area contributed by atoms with Crippen LogP contribution in [-0.4, -0.2) is 40.3 Å². The smallest absolute Gasteiger partial charge is 0.308 e. The normalized spacial score (nSPS) is 13.3. The van der Waals surface area contributed by atoms with Gasteiger partial charge in [0.25, 0.3) is 5.91 Å². The van der Waals surface area contributed by atoms with Crippen LogP contribution in [0.4, 0.5) is 0 Å². The number of carbonyl (C=O) groups is 2. The monoisotopic (exact) mass is 296 g/mol. The average molecular weight is 296 g/mol. The van der Waals surface area contributed by atoms with Gasteiger partial charge in [-0.25, -0.2) is 0 Å². The number of aromatic nitrogens is 1. The summed E-state index contributed by atoms with van der Waals surface area (Å²) in [6.45, 7) is 3.24. The molecule has 1 atom stereocenters. The van der Waals surface area contributed by atoms with Crippen LogP contribution in [0.2, 0.25) is 0 Å². The van der Waals surface area contributed by atoms with Gasteiger partial charge in [0.15, 0.2) is 0 Å². The Hall–Kier alpha value is -2.15. The second-order valence-electron chi connectivity index (χ2n) is 5.03. The predicted molar refractivity (Wildman–Crippen MR) is 75.9 cm³/mol. The van der Waals surface area contributed by atoms with Gasteiger partial charge in [0.2, 0.25) is 5.56 Å². The zero-order chi connectivity index (χ0) is 16.0. The van der Waals surface area contributed by atoms with E-state index in [2.05, 4.69) is 5.32 Å². The summed E-state index contributed by atoms with van der Waals surface area (Å²) in [6.07, 6.45) is 1.19. The maximum atomic E-state index is 11.9. The van der Waals surface area contributed by atoms with Crippen molar-refractivity contribution in [2.45, 2.75) is 25.9 Å². The van der Waals surface area contributed by atoms with Crippen molar-refractivity contribution in [1.82, 2.24) is 9.88 Å². The van der Waals surface area contributed by atoms with Crippen molar-refractivity contribution in [2.75, 3.05) is 13.2 Å². The lowest BCUT2D eigenvalue weighted by molar-refractivity contribution is -0.147. The molecule has 0 spiro atoms. The van der Waals surface area contributed by atoms with Crippen molar-refractivity contribution < 1.29 is 19.4 Å². The number of ether oxygens (including phenoxy) is 1. The van der Waals surface area contributed by atoms with Crippen LogP contribution in [0.1, 0.15) is 30.6 Å². The van der Waals surface area contributed by atoms with Gasteiger partial charge in [0.1, 0.15) is 0 Å². The number of carbonyl (C=O) groups excluding carboxylic acids is 2. The summed E-state index contributed by atoms with van der Waals surface area (Å²) in [5.74, 6) is -0.964. The summed E-state index contributed by atoms with van der Waals surface area (Å²) in [5.41, 5.74) is -1.33. The van der Waals surface area contributed by atoms with Gasteiger partial charge in [-0.15, -0.1) is 0 Å². The first-order valence-corrected chi connectivity index (χ1v) is 6.58. The number of pyridine rings is 1. The van der Waals surface area contributed by atoms with Crippen molar-refractivity contribution in [1.29, 1.82) is 0 Å². The van der Waals surface area contributed by atoms with Crippen LogP contribution >= 0.6 is 0 Å². The number of aliphatic hydroxyl groups is 1. The van der Waals surface area contributed by atoms with E-state index in [-0.39, 0.29) is 25.1 Å². The van der Waals surface area contributed by atoms with Crippen molar-refractivity contribution >= 4 is 11.9 Å². The van der Waals surface area contributed by atoms with Gasteiger partial charge in [-0.05, 0) is 19.9 Å². The maximum Gasteiger partial charge on any atom is 0.308 e. The van der Waals surface area contributed by atoms with Crippen molar-refractivity contribution in [2.24, 2.45) is 7.05 Å². The Morgan fingerprint density at radius 2 is 2.10 bits per heavy atom. The maximum absolute atomic E-state index is 11.9. The first-order valence-electron chi connectivity index (χ1n) is 6.58. The molecule has 0 saturated carbocycles. The van der Waals surface area contributed by atoms with Crippen LogP contribution < -0.4 is 10.9 Å². The summed E-state index contributed by atoms with van der Waals surface area (Å²) in [4.78, 5) is 34.5. The van der Waals surface area contributed by atoms with Crippen LogP contribution in [0.15, 0.2) is 23.1 Å². The van der Waals surface area contributed by atoms with E-state index >= 15 is 0 Å². The second kappa shape index (κ2) is 7.03. The Balaban J connectivity index is 2.60. The fourth-order valence-corrected chi connectivity index (χ4v) is 1.69. The van der Waals surface area contributed by atoms with E-state index < -0.39 is 17.5 Å². The summed E-state index contributed by atoms with van der Waals surface area (Å²) in [6, 6.07) is 2.68. The molecule has 0 fully saturated rings. The molecular weight excluding hydrogens is 276 g/mol. The Labute approximate surface area is 122 Å². The largest absolute Gasteiger partial charge is 0.466 e. The highest BCUT2D eigenvalue weighted by atomic mass is 16.5. The van der Waals surface area contributed by atoms with Crippen molar-refractivity contribution in [3.05, 3.63) is 34.2 Å². The van der Waals surface area contributed by atoms with E-state index in [4.69, 9.17) is 4.74 Å². The van der Waals surface area contributed by atoms with Crippen LogP contribution in [-0.2, 0) is 16.6 Å².